The van der Waals surface area contributed by atoms with Gasteiger partial charge in [0, 0.05) is 11.8 Å². The molecule has 18 heavy (non-hydrogen) atoms. The summed E-state index contributed by atoms with van der Waals surface area (Å²) in [6.45, 7) is 0. The first-order chi connectivity index (χ1) is 8.70. The Hall–Kier alpha value is -0.910. The summed E-state index contributed by atoms with van der Waals surface area (Å²) in [6.07, 6.45) is -0.298. The van der Waals surface area contributed by atoms with Gasteiger partial charge in [0.1, 0.15) is 12.2 Å². The zero-order chi connectivity index (χ0) is 13.0. The number of carbonyl (C=O) groups excluding carboxylic acids is 1. The minimum absolute atomic E-state index is 0.304. The molecule has 0 aliphatic carbocycles. The van der Waals surface area contributed by atoms with Crippen LogP contribution in [0.3, 0.4) is 0 Å². The second kappa shape index (κ2) is 6.31. The monoisotopic (exact) mass is 314 g/mol. The molecule has 0 spiro atoms. The van der Waals surface area contributed by atoms with E-state index in [1.807, 2.05) is 6.07 Å². The molecule has 0 bridgehead atoms. The number of hydrogen-bond acceptors (Lipinski definition) is 4. The number of alkyl halides is 1. The molecule has 1 N–H and O–H groups in total. The number of halogens is 1. The van der Waals surface area contributed by atoms with E-state index in [1.54, 1.807) is 24.3 Å². The van der Waals surface area contributed by atoms with Crippen molar-refractivity contribution in [1.29, 1.82) is 0 Å². The normalized spacial score (nSPS) is 27.8. The molecule has 1 aromatic carbocycles. The molecule has 1 heterocycles. The van der Waals surface area contributed by atoms with Gasteiger partial charge in [0.25, 0.3) is 0 Å². The van der Waals surface area contributed by atoms with E-state index in [0.29, 0.717) is 23.7 Å². The molecule has 98 valence electrons. The number of rotatable bonds is 3. The maximum Gasteiger partial charge on any atom is 0.338 e. The number of esters is 1. The minimum atomic E-state index is -0.765. The van der Waals surface area contributed by atoms with Gasteiger partial charge in [-0.15, -0.1) is 0 Å². The summed E-state index contributed by atoms with van der Waals surface area (Å²) in [5.74, 6) is -0.355. The lowest BCUT2D eigenvalue weighted by Gasteiger charge is -2.32. The molecular formula is C13H15BrO4. The lowest BCUT2D eigenvalue weighted by Crippen LogP contribution is -2.42. The van der Waals surface area contributed by atoms with Crippen molar-refractivity contribution < 1.29 is 19.4 Å². The number of hydrogen-bond donors (Lipinski definition) is 1. The Morgan fingerprint density at radius 2 is 2.11 bits per heavy atom. The Balaban J connectivity index is 1.98. The maximum absolute atomic E-state index is 11.9. The predicted octanol–water partition coefficient (Wildman–Crippen LogP) is 2.10. The SMILES string of the molecule is O=C(O[C@H]1CC[C@@H](O)O[C@@H]1CBr)c1ccccc1. The number of aliphatic hydroxyl groups is 1. The van der Waals surface area contributed by atoms with Gasteiger partial charge in [0.2, 0.25) is 0 Å². The van der Waals surface area contributed by atoms with Crippen molar-refractivity contribution in [2.75, 3.05) is 5.33 Å². The average Bonchev–Trinajstić information content (AvgIpc) is 2.41. The molecule has 2 rings (SSSR count). The molecule has 1 saturated heterocycles. The summed E-state index contributed by atoms with van der Waals surface area (Å²) in [6, 6.07) is 8.85. The Labute approximate surface area is 114 Å². The molecule has 5 heteroatoms. The molecular weight excluding hydrogens is 300 g/mol. The molecule has 0 amide bonds. The summed E-state index contributed by atoms with van der Waals surface area (Å²) < 4.78 is 10.7. The van der Waals surface area contributed by atoms with Crippen LogP contribution in [0.1, 0.15) is 23.2 Å². The fraction of sp³-hybridized carbons (Fsp3) is 0.462. The van der Waals surface area contributed by atoms with Crippen LogP contribution in [0.5, 0.6) is 0 Å². The van der Waals surface area contributed by atoms with Crippen LogP contribution in [-0.2, 0) is 9.47 Å². The van der Waals surface area contributed by atoms with Crippen LogP contribution in [0.4, 0.5) is 0 Å². The van der Waals surface area contributed by atoms with Crippen LogP contribution in [0.15, 0.2) is 30.3 Å². The van der Waals surface area contributed by atoms with Crippen molar-refractivity contribution in [3.8, 4) is 0 Å². The molecule has 0 saturated carbocycles. The highest BCUT2D eigenvalue weighted by atomic mass is 79.9. The minimum Gasteiger partial charge on any atom is -0.456 e. The Morgan fingerprint density at radius 3 is 2.78 bits per heavy atom. The van der Waals surface area contributed by atoms with E-state index >= 15 is 0 Å². The third-order valence-electron chi connectivity index (χ3n) is 2.86. The van der Waals surface area contributed by atoms with Crippen LogP contribution in [0, 0.1) is 0 Å². The van der Waals surface area contributed by atoms with Gasteiger partial charge in [-0.05, 0) is 18.6 Å². The van der Waals surface area contributed by atoms with E-state index in [9.17, 15) is 9.90 Å². The quantitative estimate of drug-likeness (QED) is 0.685. The summed E-state index contributed by atoms with van der Waals surface area (Å²) in [7, 11) is 0. The van der Waals surface area contributed by atoms with E-state index in [4.69, 9.17) is 9.47 Å². The highest BCUT2D eigenvalue weighted by Crippen LogP contribution is 2.23. The molecule has 0 aromatic heterocycles. The van der Waals surface area contributed by atoms with E-state index in [1.165, 1.54) is 0 Å². The van der Waals surface area contributed by atoms with Gasteiger partial charge >= 0.3 is 5.97 Å². The van der Waals surface area contributed by atoms with Crippen molar-refractivity contribution in [2.24, 2.45) is 0 Å². The van der Waals surface area contributed by atoms with Crippen molar-refractivity contribution >= 4 is 21.9 Å². The van der Waals surface area contributed by atoms with Crippen LogP contribution in [0.25, 0.3) is 0 Å². The lowest BCUT2D eigenvalue weighted by atomic mass is 10.1. The van der Waals surface area contributed by atoms with Gasteiger partial charge < -0.3 is 14.6 Å². The molecule has 1 aliphatic heterocycles. The standard InChI is InChI=1S/C13H15BrO4/c14-8-11-10(6-7-12(15)17-11)18-13(16)9-4-2-1-3-5-9/h1-5,10-12,15H,6-8H2/t10-,11+,12-/m0/s1. The highest BCUT2D eigenvalue weighted by molar-refractivity contribution is 9.09. The van der Waals surface area contributed by atoms with Crippen molar-refractivity contribution in [3.63, 3.8) is 0 Å². The predicted molar refractivity (Wildman–Crippen MR) is 69.6 cm³/mol. The largest absolute Gasteiger partial charge is 0.456 e. The first-order valence-electron chi connectivity index (χ1n) is 5.86. The van der Waals surface area contributed by atoms with E-state index < -0.39 is 6.29 Å². The van der Waals surface area contributed by atoms with E-state index in [-0.39, 0.29) is 18.2 Å². The first kappa shape index (κ1) is 13.5. The van der Waals surface area contributed by atoms with Crippen molar-refractivity contribution in [3.05, 3.63) is 35.9 Å². The van der Waals surface area contributed by atoms with Crippen LogP contribution in [-0.4, -0.2) is 34.9 Å². The second-order valence-corrected chi connectivity index (χ2v) is 4.82. The van der Waals surface area contributed by atoms with Gasteiger partial charge in [0.05, 0.1) is 5.56 Å². The van der Waals surface area contributed by atoms with Crippen LogP contribution >= 0.6 is 15.9 Å². The van der Waals surface area contributed by atoms with Gasteiger partial charge in [-0.3, -0.25) is 0 Å². The molecule has 3 atom stereocenters. The van der Waals surface area contributed by atoms with Crippen LogP contribution < -0.4 is 0 Å². The molecule has 4 nitrogen and oxygen atoms in total. The summed E-state index contributed by atoms with van der Waals surface area (Å²) in [4.78, 5) is 11.9. The molecule has 1 aliphatic rings. The van der Waals surface area contributed by atoms with E-state index in [2.05, 4.69) is 15.9 Å². The maximum atomic E-state index is 11.9. The fourth-order valence-electron chi connectivity index (χ4n) is 1.90. The number of aliphatic hydroxyl groups excluding tert-OH is 1. The Bertz CT molecular complexity index is 395. The zero-order valence-electron chi connectivity index (χ0n) is 9.79. The van der Waals surface area contributed by atoms with Gasteiger partial charge in [-0.25, -0.2) is 4.79 Å². The first-order valence-corrected chi connectivity index (χ1v) is 6.98. The van der Waals surface area contributed by atoms with Crippen molar-refractivity contribution in [2.45, 2.75) is 31.3 Å². The van der Waals surface area contributed by atoms with E-state index in [0.717, 1.165) is 0 Å². The third-order valence-corrected chi connectivity index (χ3v) is 3.50. The summed E-state index contributed by atoms with van der Waals surface area (Å²) >= 11 is 3.30. The summed E-state index contributed by atoms with van der Waals surface area (Å²) in [5.41, 5.74) is 0.525. The number of ether oxygens (including phenoxy) is 2. The highest BCUT2D eigenvalue weighted by Gasteiger charge is 2.32. The smallest absolute Gasteiger partial charge is 0.338 e. The molecule has 1 fully saturated rings. The number of carbonyl (C=O) groups is 1. The average molecular weight is 315 g/mol. The fourth-order valence-corrected chi connectivity index (χ4v) is 2.47. The summed E-state index contributed by atoms with van der Waals surface area (Å²) in [5, 5.41) is 9.92. The van der Waals surface area contributed by atoms with Gasteiger partial charge in [-0.2, -0.15) is 0 Å². The number of benzene rings is 1. The Morgan fingerprint density at radius 1 is 1.39 bits per heavy atom. The molecule has 0 unspecified atom stereocenters. The Kier molecular flexibility index (Phi) is 4.74. The van der Waals surface area contributed by atoms with Crippen LogP contribution in [0.2, 0.25) is 0 Å². The van der Waals surface area contributed by atoms with Gasteiger partial charge in [-0.1, -0.05) is 34.1 Å². The van der Waals surface area contributed by atoms with Gasteiger partial charge in [0.15, 0.2) is 6.29 Å². The molecule has 1 aromatic rings. The topological polar surface area (TPSA) is 55.8 Å². The zero-order valence-corrected chi connectivity index (χ0v) is 11.4. The third kappa shape index (κ3) is 3.31. The second-order valence-electron chi connectivity index (χ2n) is 4.17. The van der Waals surface area contributed by atoms with Crippen molar-refractivity contribution in [1.82, 2.24) is 0 Å². The lowest BCUT2D eigenvalue weighted by molar-refractivity contribution is -0.191. The molecule has 0 radical (unpaired) electrons.